The molecule has 3 aromatic rings. The number of halogens is 3. The number of rotatable bonds is 5. The summed E-state index contributed by atoms with van der Waals surface area (Å²) in [6, 6.07) is 8.07. The molecule has 0 N–H and O–H groups in total. The van der Waals surface area contributed by atoms with E-state index < -0.39 is 6.04 Å². The molecule has 0 saturated carbocycles. The largest absolute Gasteiger partial charge is 0.291 e. The van der Waals surface area contributed by atoms with Crippen LogP contribution in [0.25, 0.3) is 0 Å². The van der Waals surface area contributed by atoms with Gasteiger partial charge in [-0.25, -0.2) is 9.67 Å². The highest BCUT2D eigenvalue weighted by atomic mass is 35.5. The van der Waals surface area contributed by atoms with Crippen LogP contribution in [0.2, 0.25) is 14.4 Å². The molecule has 0 aliphatic rings. The van der Waals surface area contributed by atoms with Gasteiger partial charge in [0.1, 0.15) is 18.7 Å². The third-order valence-corrected chi connectivity index (χ3v) is 5.14. The summed E-state index contributed by atoms with van der Waals surface area (Å²) in [5, 5.41) is 5.16. The minimum atomic E-state index is -0.550. The SMILES string of the molecule is O=C(c1ccc(Cl)s1)C(Cc1ccc(Cl)cc1Cl)n1cncn1. The zero-order valence-electron chi connectivity index (χ0n) is 11.6. The Kier molecular flexibility index (Phi) is 5.02. The summed E-state index contributed by atoms with van der Waals surface area (Å²) in [5.41, 5.74) is 0.813. The molecule has 0 radical (unpaired) electrons. The number of carbonyl (C=O) groups is 1. The second kappa shape index (κ2) is 7.01. The number of hydrogen-bond donors (Lipinski definition) is 0. The van der Waals surface area contributed by atoms with Crippen LogP contribution in [-0.2, 0) is 6.42 Å². The second-order valence-corrected chi connectivity index (χ2v) is 7.36. The zero-order chi connectivity index (χ0) is 16.4. The summed E-state index contributed by atoms with van der Waals surface area (Å²) in [4.78, 5) is 17.3. The number of Topliss-reactive ketones (excluding diaryl/α,β-unsaturated/α-hetero) is 1. The Labute approximate surface area is 151 Å². The van der Waals surface area contributed by atoms with Crippen molar-refractivity contribution in [3.05, 3.63) is 67.8 Å². The van der Waals surface area contributed by atoms with Gasteiger partial charge in [0.25, 0.3) is 0 Å². The van der Waals surface area contributed by atoms with E-state index >= 15 is 0 Å². The summed E-state index contributed by atoms with van der Waals surface area (Å²) in [7, 11) is 0. The van der Waals surface area contributed by atoms with Gasteiger partial charge in [-0.05, 0) is 29.8 Å². The van der Waals surface area contributed by atoms with Crippen molar-refractivity contribution in [3.8, 4) is 0 Å². The molecule has 3 rings (SSSR count). The Bertz CT molecular complexity index is 832. The molecule has 2 heterocycles. The predicted octanol–water partition coefficient (Wildman–Crippen LogP) is 4.97. The van der Waals surface area contributed by atoms with E-state index in [-0.39, 0.29) is 5.78 Å². The number of ketones is 1. The molecule has 2 aromatic heterocycles. The van der Waals surface area contributed by atoms with Gasteiger partial charge in [-0.15, -0.1) is 11.3 Å². The van der Waals surface area contributed by atoms with Gasteiger partial charge < -0.3 is 0 Å². The van der Waals surface area contributed by atoms with Gasteiger partial charge in [0, 0.05) is 16.5 Å². The average molecular weight is 387 g/mol. The van der Waals surface area contributed by atoms with E-state index in [4.69, 9.17) is 34.8 Å². The second-order valence-electron chi connectivity index (χ2n) is 4.80. The van der Waals surface area contributed by atoms with Gasteiger partial charge in [0.05, 0.1) is 9.21 Å². The van der Waals surface area contributed by atoms with E-state index in [1.165, 1.54) is 28.7 Å². The molecule has 0 saturated heterocycles. The van der Waals surface area contributed by atoms with E-state index in [2.05, 4.69) is 10.1 Å². The van der Waals surface area contributed by atoms with Crippen LogP contribution in [0.15, 0.2) is 43.0 Å². The van der Waals surface area contributed by atoms with Crippen LogP contribution >= 0.6 is 46.1 Å². The first-order chi connectivity index (χ1) is 11.0. The number of thiophene rings is 1. The summed E-state index contributed by atoms with van der Waals surface area (Å²) < 4.78 is 2.09. The van der Waals surface area contributed by atoms with Gasteiger partial charge in [-0.3, -0.25) is 4.79 Å². The molecule has 1 unspecified atom stereocenters. The molecule has 0 bridgehead atoms. The van der Waals surface area contributed by atoms with E-state index in [9.17, 15) is 4.79 Å². The van der Waals surface area contributed by atoms with Crippen LogP contribution in [0.5, 0.6) is 0 Å². The summed E-state index contributed by atoms with van der Waals surface area (Å²) >= 11 is 19.3. The highest BCUT2D eigenvalue weighted by Gasteiger charge is 2.25. The molecule has 1 aromatic carbocycles. The minimum Gasteiger partial charge on any atom is -0.291 e. The molecule has 0 aliphatic heterocycles. The summed E-state index contributed by atoms with van der Waals surface area (Å²) in [6.45, 7) is 0. The van der Waals surface area contributed by atoms with Crippen LogP contribution in [-0.4, -0.2) is 20.5 Å². The fraction of sp³-hybridized carbons (Fsp3) is 0.133. The number of aromatic nitrogens is 3. The molecule has 0 fully saturated rings. The van der Waals surface area contributed by atoms with Crippen molar-refractivity contribution in [3.63, 3.8) is 0 Å². The molecule has 23 heavy (non-hydrogen) atoms. The topological polar surface area (TPSA) is 47.8 Å². The lowest BCUT2D eigenvalue weighted by molar-refractivity contribution is 0.0921. The van der Waals surface area contributed by atoms with E-state index in [0.29, 0.717) is 25.7 Å². The Balaban J connectivity index is 1.95. The number of nitrogens with zero attached hydrogens (tertiary/aromatic N) is 3. The molecular formula is C15H10Cl3N3OS. The van der Waals surface area contributed by atoms with Crippen molar-refractivity contribution in [2.24, 2.45) is 0 Å². The summed E-state index contributed by atoms with van der Waals surface area (Å²) in [5.74, 6) is -0.0848. The normalized spacial score (nSPS) is 12.3. The average Bonchev–Trinajstić information content (AvgIpc) is 3.17. The third-order valence-electron chi connectivity index (χ3n) is 3.30. The van der Waals surface area contributed by atoms with Gasteiger partial charge in [0.2, 0.25) is 0 Å². The van der Waals surface area contributed by atoms with E-state index in [1.54, 1.807) is 24.3 Å². The summed E-state index contributed by atoms with van der Waals surface area (Å²) in [6.07, 6.45) is 3.29. The first-order valence-electron chi connectivity index (χ1n) is 6.62. The number of benzene rings is 1. The molecule has 118 valence electrons. The van der Waals surface area contributed by atoms with Gasteiger partial charge in [0.15, 0.2) is 5.78 Å². The number of carbonyl (C=O) groups excluding carboxylic acids is 1. The Morgan fingerprint density at radius 3 is 2.65 bits per heavy atom. The van der Waals surface area contributed by atoms with Crippen molar-refractivity contribution < 1.29 is 4.79 Å². The molecule has 4 nitrogen and oxygen atoms in total. The number of hydrogen-bond acceptors (Lipinski definition) is 4. The van der Waals surface area contributed by atoms with Crippen LogP contribution in [0.3, 0.4) is 0 Å². The van der Waals surface area contributed by atoms with Crippen molar-refractivity contribution in [1.29, 1.82) is 0 Å². The molecule has 0 amide bonds. The smallest absolute Gasteiger partial charge is 0.197 e. The van der Waals surface area contributed by atoms with E-state index in [1.807, 2.05) is 6.07 Å². The highest BCUT2D eigenvalue weighted by molar-refractivity contribution is 7.18. The maximum absolute atomic E-state index is 12.8. The van der Waals surface area contributed by atoms with Crippen molar-refractivity contribution in [2.75, 3.05) is 0 Å². The van der Waals surface area contributed by atoms with Crippen LogP contribution in [0, 0.1) is 0 Å². The third kappa shape index (κ3) is 3.75. The monoisotopic (exact) mass is 385 g/mol. The fourth-order valence-corrected chi connectivity index (χ4v) is 3.71. The van der Waals surface area contributed by atoms with Crippen LogP contribution in [0.1, 0.15) is 21.3 Å². The zero-order valence-corrected chi connectivity index (χ0v) is 14.7. The lowest BCUT2D eigenvalue weighted by Gasteiger charge is -2.16. The predicted molar refractivity (Wildman–Crippen MR) is 92.9 cm³/mol. The minimum absolute atomic E-state index is 0.0848. The van der Waals surface area contributed by atoms with Crippen molar-refractivity contribution in [2.45, 2.75) is 12.5 Å². The van der Waals surface area contributed by atoms with Crippen LogP contribution in [0.4, 0.5) is 0 Å². The molecular weight excluding hydrogens is 377 g/mol. The Morgan fingerprint density at radius 2 is 2.04 bits per heavy atom. The van der Waals surface area contributed by atoms with Gasteiger partial charge in [-0.2, -0.15) is 5.10 Å². The maximum atomic E-state index is 12.8. The standard InChI is InChI=1S/C15H10Cl3N3OS/c16-10-2-1-9(11(17)6-10)5-12(21-8-19-7-20-21)15(22)13-3-4-14(18)23-13/h1-4,6-8,12H,5H2. The fourth-order valence-electron chi connectivity index (χ4n) is 2.19. The highest BCUT2D eigenvalue weighted by Crippen LogP contribution is 2.29. The quantitative estimate of drug-likeness (QED) is 0.582. The van der Waals surface area contributed by atoms with Crippen molar-refractivity contribution in [1.82, 2.24) is 14.8 Å². The Hall–Kier alpha value is -1.40. The maximum Gasteiger partial charge on any atom is 0.197 e. The molecule has 8 heteroatoms. The lowest BCUT2D eigenvalue weighted by atomic mass is 10.0. The first-order valence-corrected chi connectivity index (χ1v) is 8.57. The van der Waals surface area contributed by atoms with Gasteiger partial charge in [-0.1, -0.05) is 40.9 Å². The molecule has 0 aliphatic carbocycles. The van der Waals surface area contributed by atoms with Crippen molar-refractivity contribution >= 4 is 51.9 Å². The molecule has 1 atom stereocenters. The lowest BCUT2D eigenvalue weighted by Crippen LogP contribution is -2.22. The van der Waals surface area contributed by atoms with E-state index in [0.717, 1.165) is 5.56 Å². The first kappa shape index (κ1) is 16.5. The Morgan fingerprint density at radius 1 is 1.22 bits per heavy atom. The van der Waals surface area contributed by atoms with Crippen LogP contribution < -0.4 is 0 Å². The molecule has 0 spiro atoms. The van der Waals surface area contributed by atoms with Gasteiger partial charge >= 0.3 is 0 Å².